The Morgan fingerprint density at radius 2 is 2.05 bits per heavy atom. The van der Waals surface area contributed by atoms with Crippen LogP contribution in [-0.2, 0) is 4.79 Å². The fourth-order valence-electron chi connectivity index (χ4n) is 1.99. The van der Waals surface area contributed by atoms with Gasteiger partial charge in [0.1, 0.15) is 0 Å². The minimum atomic E-state index is -0.0831. The molecule has 0 aliphatic carbocycles. The van der Waals surface area contributed by atoms with Gasteiger partial charge in [-0.3, -0.25) is 4.79 Å². The number of hydrogen-bond donors (Lipinski definition) is 2. The lowest BCUT2D eigenvalue weighted by atomic mass is 9.94. The zero-order valence-electron chi connectivity index (χ0n) is 11.2. The van der Waals surface area contributed by atoms with Gasteiger partial charge in [-0.05, 0) is 36.9 Å². The summed E-state index contributed by atoms with van der Waals surface area (Å²) in [5.74, 6) is 0.634. The van der Waals surface area contributed by atoms with Crippen LogP contribution in [0.5, 0.6) is 0 Å². The average molecular weight is 303 g/mol. The number of amides is 1. The molecule has 0 heterocycles. The van der Waals surface area contributed by atoms with Gasteiger partial charge in [0.05, 0.1) is 15.7 Å². The molecule has 0 fully saturated rings. The van der Waals surface area contributed by atoms with Crippen LogP contribution in [0.1, 0.15) is 26.7 Å². The molecule has 0 unspecified atom stereocenters. The highest BCUT2D eigenvalue weighted by molar-refractivity contribution is 6.43. The Labute approximate surface area is 124 Å². The Bertz CT molecular complexity index is 435. The van der Waals surface area contributed by atoms with E-state index in [0.717, 1.165) is 6.42 Å². The fourth-order valence-corrected chi connectivity index (χ4v) is 2.34. The standard InChI is InChI=1S/C14H20Cl2N2O/c1-9(2)6-10(8-17)7-13(19)18-12-5-3-4-11(15)14(12)16/h3-5,9-10H,6-8,17H2,1-2H3,(H,18,19)/t10-/m0/s1. The van der Waals surface area contributed by atoms with Crippen molar-refractivity contribution >= 4 is 34.8 Å². The number of carbonyl (C=O) groups excluding carboxylic acids is 1. The molecule has 0 aliphatic rings. The maximum absolute atomic E-state index is 12.0. The van der Waals surface area contributed by atoms with Gasteiger partial charge in [0.15, 0.2) is 0 Å². The minimum absolute atomic E-state index is 0.0831. The molecule has 0 radical (unpaired) electrons. The van der Waals surface area contributed by atoms with Crippen molar-refractivity contribution in [3.05, 3.63) is 28.2 Å². The third-order valence-corrected chi connectivity index (χ3v) is 3.66. The lowest BCUT2D eigenvalue weighted by molar-refractivity contribution is -0.117. The van der Waals surface area contributed by atoms with Gasteiger partial charge in [-0.15, -0.1) is 0 Å². The van der Waals surface area contributed by atoms with Crippen LogP contribution >= 0.6 is 23.2 Å². The first kappa shape index (κ1) is 16.3. The fraction of sp³-hybridized carbons (Fsp3) is 0.500. The van der Waals surface area contributed by atoms with E-state index in [-0.39, 0.29) is 11.8 Å². The number of nitrogens with one attached hydrogen (secondary N) is 1. The second-order valence-corrected chi connectivity index (χ2v) is 5.87. The minimum Gasteiger partial charge on any atom is -0.330 e. The largest absolute Gasteiger partial charge is 0.330 e. The molecule has 1 amide bonds. The molecule has 106 valence electrons. The molecular formula is C14H20Cl2N2O. The van der Waals surface area contributed by atoms with Crippen LogP contribution in [0, 0.1) is 11.8 Å². The molecule has 1 aromatic carbocycles. The van der Waals surface area contributed by atoms with Gasteiger partial charge in [-0.25, -0.2) is 0 Å². The van der Waals surface area contributed by atoms with Gasteiger partial charge in [-0.1, -0.05) is 43.1 Å². The molecule has 0 spiro atoms. The van der Waals surface area contributed by atoms with Crippen molar-refractivity contribution in [3.63, 3.8) is 0 Å². The van der Waals surface area contributed by atoms with Crippen LogP contribution in [0.4, 0.5) is 5.69 Å². The van der Waals surface area contributed by atoms with E-state index in [9.17, 15) is 4.79 Å². The van der Waals surface area contributed by atoms with E-state index in [1.807, 2.05) is 0 Å². The zero-order valence-corrected chi connectivity index (χ0v) is 12.8. The number of benzene rings is 1. The number of halogens is 2. The summed E-state index contributed by atoms with van der Waals surface area (Å²) < 4.78 is 0. The summed E-state index contributed by atoms with van der Waals surface area (Å²) in [6.45, 7) is 4.75. The summed E-state index contributed by atoms with van der Waals surface area (Å²) in [7, 11) is 0. The number of rotatable bonds is 6. The summed E-state index contributed by atoms with van der Waals surface area (Å²) in [6.07, 6.45) is 1.34. The van der Waals surface area contributed by atoms with Crippen LogP contribution in [-0.4, -0.2) is 12.5 Å². The first-order chi connectivity index (χ1) is 8.93. The first-order valence-corrected chi connectivity index (χ1v) is 7.13. The third-order valence-electron chi connectivity index (χ3n) is 2.84. The van der Waals surface area contributed by atoms with Gasteiger partial charge >= 0.3 is 0 Å². The highest BCUT2D eigenvalue weighted by Gasteiger charge is 2.15. The second-order valence-electron chi connectivity index (χ2n) is 5.08. The maximum Gasteiger partial charge on any atom is 0.224 e. The highest BCUT2D eigenvalue weighted by Crippen LogP contribution is 2.29. The molecule has 1 aromatic rings. The molecule has 0 saturated carbocycles. The van der Waals surface area contributed by atoms with Gasteiger partial charge < -0.3 is 11.1 Å². The molecule has 5 heteroatoms. The van der Waals surface area contributed by atoms with Crippen molar-refractivity contribution in [2.45, 2.75) is 26.7 Å². The van der Waals surface area contributed by atoms with Crippen LogP contribution in [0.15, 0.2) is 18.2 Å². The van der Waals surface area contributed by atoms with E-state index in [1.54, 1.807) is 18.2 Å². The quantitative estimate of drug-likeness (QED) is 0.836. The Kier molecular flexibility index (Phi) is 6.63. The Balaban J connectivity index is 2.62. The lowest BCUT2D eigenvalue weighted by Gasteiger charge is -2.17. The molecule has 0 aromatic heterocycles. The molecule has 0 saturated heterocycles. The summed E-state index contributed by atoms with van der Waals surface area (Å²) in [5.41, 5.74) is 6.23. The molecule has 0 bridgehead atoms. The SMILES string of the molecule is CC(C)C[C@H](CN)CC(=O)Nc1cccc(Cl)c1Cl. The molecule has 19 heavy (non-hydrogen) atoms. The van der Waals surface area contributed by atoms with Crippen molar-refractivity contribution < 1.29 is 4.79 Å². The molecule has 0 aliphatic heterocycles. The van der Waals surface area contributed by atoms with E-state index in [0.29, 0.717) is 34.6 Å². The summed E-state index contributed by atoms with van der Waals surface area (Å²) in [6, 6.07) is 5.16. The Morgan fingerprint density at radius 1 is 1.37 bits per heavy atom. The van der Waals surface area contributed by atoms with Crippen LogP contribution in [0.25, 0.3) is 0 Å². The van der Waals surface area contributed by atoms with Crippen molar-refractivity contribution in [1.82, 2.24) is 0 Å². The van der Waals surface area contributed by atoms with Gasteiger partial charge in [0.2, 0.25) is 5.91 Å². The lowest BCUT2D eigenvalue weighted by Crippen LogP contribution is -2.23. The topological polar surface area (TPSA) is 55.1 Å². The predicted molar refractivity (Wildman–Crippen MR) is 81.7 cm³/mol. The molecule has 3 nitrogen and oxygen atoms in total. The monoisotopic (exact) mass is 302 g/mol. The second kappa shape index (κ2) is 7.73. The average Bonchev–Trinajstić information content (AvgIpc) is 2.33. The van der Waals surface area contributed by atoms with E-state index in [4.69, 9.17) is 28.9 Å². The van der Waals surface area contributed by atoms with Gasteiger partial charge in [-0.2, -0.15) is 0 Å². The predicted octanol–water partition coefficient (Wildman–Crippen LogP) is 3.94. The van der Waals surface area contributed by atoms with E-state index in [2.05, 4.69) is 19.2 Å². The Morgan fingerprint density at radius 3 is 2.63 bits per heavy atom. The van der Waals surface area contributed by atoms with Crippen molar-refractivity contribution in [3.8, 4) is 0 Å². The highest BCUT2D eigenvalue weighted by atomic mass is 35.5. The van der Waals surface area contributed by atoms with Crippen molar-refractivity contribution in [1.29, 1.82) is 0 Å². The van der Waals surface area contributed by atoms with E-state index >= 15 is 0 Å². The van der Waals surface area contributed by atoms with Gasteiger partial charge in [0.25, 0.3) is 0 Å². The van der Waals surface area contributed by atoms with Crippen molar-refractivity contribution in [2.75, 3.05) is 11.9 Å². The number of hydrogen-bond acceptors (Lipinski definition) is 2. The maximum atomic E-state index is 12.0. The summed E-state index contributed by atoms with van der Waals surface area (Å²) in [5, 5.41) is 3.57. The van der Waals surface area contributed by atoms with Crippen LogP contribution in [0.3, 0.4) is 0 Å². The smallest absolute Gasteiger partial charge is 0.224 e. The van der Waals surface area contributed by atoms with E-state index in [1.165, 1.54) is 0 Å². The van der Waals surface area contributed by atoms with Gasteiger partial charge in [0, 0.05) is 6.42 Å². The molecule has 1 atom stereocenters. The molecular weight excluding hydrogens is 283 g/mol. The number of nitrogens with two attached hydrogens (primary N) is 1. The summed E-state index contributed by atoms with van der Waals surface area (Å²) >= 11 is 11.9. The van der Waals surface area contributed by atoms with E-state index < -0.39 is 0 Å². The molecule has 3 N–H and O–H groups in total. The van der Waals surface area contributed by atoms with Crippen LogP contribution in [0.2, 0.25) is 10.0 Å². The normalized spacial score (nSPS) is 12.5. The summed E-state index contributed by atoms with van der Waals surface area (Å²) in [4.78, 5) is 12.0. The van der Waals surface area contributed by atoms with Crippen molar-refractivity contribution in [2.24, 2.45) is 17.6 Å². The first-order valence-electron chi connectivity index (χ1n) is 6.38. The molecule has 1 rings (SSSR count). The Hall–Kier alpha value is -0.770. The van der Waals surface area contributed by atoms with Crippen LogP contribution < -0.4 is 11.1 Å². The number of carbonyl (C=O) groups is 1. The number of anilines is 1. The zero-order chi connectivity index (χ0) is 14.4. The third kappa shape index (κ3) is 5.39.